The number of fused-ring (bicyclic) bond motifs is 1. The Balaban J connectivity index is 1.90. The van der Waals surface area contributed by atoms with Crippen LogP contribution >= 0.6 is 15.9 Å². The number of carbonyl (C=O) groups is 1. The minimum absolute atomic E-state index is 0.134. The minimum Gasteiger partial charge on any atom is -0.321 e. The summed E-state index contributed by atoms with van der Waals surface area (Å²) >= 11 is 3.57. The number of benzene rings is 3. The Hall–Kier alpha value is -2.98. The molecule has 0 radical (unpaired) electrons. The average Bonchev–Trinajstić information content (AvgIpc) is 2.70. The first-order chi connectivity index (χ1) is 14.3. The molecule has 1 aromatic heterocycles. The molecule has 1 N–H and O–H groups in total. The Morgan fingerprint density at radius 3 is 2.20 bits per heavy atom. The molecular formula is C26H23BrN2O. The highest BCUT2D eigenvalue weighted by atomic mass is 79.9. The zero-order valence-corrected chi connectivity index (χ0v) is 19.1. The Morgan fingerprint density at radius 2 is 1.53 bits per heavy atom. The SMILES string of the molecule is Cc1ccc(-c2cc(C(=O)Nc3c(C)cccc3C)c3cc(Br)cc(C)c3n2)cc1. The molecule has 0 unspecified atom stereocenters. The molecule has 1 heterocycles. The summed E-state index contributed by atoms with van der Waals surface area (Å²) in [5.41, 5.74) is 8.38. The van der Waals surface area contributed by atoms with Gasteiger partial charge in [-0.2, -0.15) is 0 Å². The second-order valence-corrected chi connectivity index (χ2v) is 8.68. The third kappa shape index (κ3) is 3.88. The van der Waals surface area contributed by atoms with Crippen molar-refractivity contribution in [2.24, 2.45) is 0 Å². The standard InChI is InChI=1S/C26H23BrN2O/c1-15-8-10-19(11-9-15)23-14-22(21-13-20(27)12-18(4)25(21)28-23)26(30)29-24-16(2)6-5-7-17(24)3/h5-14H,1-4H3,(H,29,30). The third-order valence-electron chi connectivity index (χ3n) is 5.38. The Kier molecular flexibility index (Phi) is 5.44. The van der Waals surface area contributed by atoms with E-state index >= 15 is 0 Å². The molecule has 0 spiro atoms. The number of halogens is 1. The van der Waals surface area contributed by atoms with Crippen molar-refractivity contribution in [3.63, 3.8) is 0 Å². The lowest BCUT2D eigenvalue weighted by molar-refractivity contribution is 0.102. The zero-order chi connectivity index (χ0) is 21.4. The van der Waals surface area contributed by atoms with E-state index in [9.17, 15) is 4.79 Å². The molecule has 3 nitrogen and oxygen atoms in total. The molecule has 0 aliphatic rings. The molecule has 4 rings (SSSR count). The summed E-state index contributed by atoms with van der Waals surface area (Å²) in [6.45, 7) is 8.09. The van der Waals surface area contributed by atoms with Crippen molar-refractivity contribution < 1.29 is 4.79 Å². The van der Waals surface area contributed by atoms with Gasteiger partial charge < -0.3 is 5.32 Å². The largest absolute Gasteiger partial charge is 0.321 e. The number of rotatable bonds is 3. The Bertz CT molecular complexity index is 1260. The van der Waals surface area contributed by atoms with E-state index in [2.05, 4.69) is 40.3 Å². The summed E-state index contributed by atoms with van der Waals surface area (Å²) in [7, 11) is 0. The number of aryl methyl sites for hydroxylation is 4. The highest BCUT2D eigenvalue weighted by Gasteiger charge is 2.17. The molecular weight excluding hydrogens is 436 g/mol. The van der Waals surface area contributed by atoms with Gasteiger partial charge in [0, 0.05) is 21.1 Å². The van der Waals surface area contributed by atoms with Crippen LogP contribution in [-0.2, 0) is 0 Å². The van der Waals surface area contributed by atoms with Crippen molar-refractivity contribution in [2.75, 3.05) is 5.32 Å². The van der Waals surface area contributed by atoms with Crippen molar-refractivity contribution in [3.05, 3.63) is 93.0 Å². The monoisotopic (exact) mass is 458 g/mol. The summed E-state index contributed by atoms with van der Waals surface area (Å²) in [4.78, 5) is 18.3. The summed E-state index contributed by atoms with van der Waals surface area (Å²) in [5, 5.41) is 3.97. The van der Waals surface area contributed by atoms with E-state index < -0.39 is 0 Å². The van der Waals surface area contributed by atoms with Crippen LogP contribution in [0.2, 0.25) is 0 Å². The van der Waals surface area contributed by atoms with Gasteiger partial charge >= 0.3 is 0 Å². The van der Waals surface area contributed by atoms with Crippen LogP contribution in [0.15, 0.2) is 65.1 Å². The molecule has 0 saturated carbocycles. The quantitative estimate of drug-likeness (QED) is 0.354. The first-order valence-corrected chi connectivity index (χ1v) is 10.7. The maximum absolute atomic E-state index is 13.4. The smallest absolute Gasteiger partial charge is 0.256 e. The minimum atomic E-state index is -0.134. The summed E-state index contributed by atoms with van der Waals surface area (Å²) in [6.07, 6.45) is 0. The Morgan fingerprint density at radius 1 is 0.867 bits per heavy atom. The fraction of sp³-hybridized carbons (Fsp3) is 0.154. The fourth-order valence-electron chi connectivity index (χ4n) is 3.71. The van der Waals surface area contributed by atoms with E-state index in [-0.39, 0.29) is 5.91 Å². The third-order valence-corrected chi connectivity index (χ3v) is 5.84. The molecule has 30 heavy (non-hydrogen) atoms. The molecule has 4 aromatic rings. The number of aromatic nitrogens is 1. The zero-order valence-electron chi connectivity index (χ0n) is 17.5. The number of pyridine rings is 1. The lowest BCUT2D eigenvalue weighted by Gasteiger charge is -2.15. The topological polar surface area (TPSA) is 42.0 Å². The van der Waals surface area contributed by atoms with Crippen molar-refractivity contribution >= 4 is 38.4 Å². The molecule has 0 atom stereocenters. The number of hydrogen-bond acceptors (Lipinski definition) is 2. The van der Waals surface area contributed by atoms with E-state index in [0.29, 0.717) is 5.56 Å². The van der Waals surface area contributed by atoms with Crippen LogP contribution in [-0.4, -0.2) is 10.9 Å². The van der Waals surface area contributed by atoms with Gasteiger partial charge in [-0.05, 0) is 62.6 Å². The summed E-state index contributed by atoms with van der Waals surface area (Å²) in [5.74, 6) is -0.134. The number of nitrogens with zero attached hydrogens (tertiary/aromatic N) is 1. The summed E-state index contributed by atoms with van der Waals surface area (Å²) < 4.78 is 0.929. The second kappa shape index (κ2) is 8.04. The highest BCUT2D eigenvalue weighted by Crippen LogP contribution is 2.31. The van der Waals surface area contributed by atoms with Gasteiger partial charge in [0.1, 0.15) is 0 Å². The van der Waals surface area contributed by atoms with Gasteiger partial charge in [0.15, 0.2) is 0 Å². The van der Waals surface area contributed by atoms with Crippen LogP contribution in [0.4, 0.5) is 5.69 Å². The van der Waals surface area contributed by atoms with Gasteiger partial charge in [-0.1, -0.05) is 64.0 Å². The lowest BCUT2D eigenvalue weighted by atomic mass is 10.0. The lowest BCUT2D eigenvalue weighted by Crippen LogP contribution is -2.15. The first-order valence-electron chi connectivity index (χ1n) is 9.89. The van der Waals surface area contributed by atoms with E-state index in [1.54, 1.807) is 0 Å². The van der Waals surface area contributed by atoms with Crippen LogP contribution in [0.1, 0.15) is 32.6 Å². The predicted octanol–water partition coefficient (Wildman–Crippen LogP) is 7.15. The maximum atomic E-state index is 13.4. The first kappa shape index (κ1) is 20.3. The normalized spacial score (nSPS) is 11.0. The van der Waals surface area contributed by atoms with E-state index in [1.165, 1.54) is 5.56 Å². The highest BCUT2D eigenvalue weighted by molar-refractivity contribution is 9.10. The van der Waals surface area contributed by atoms with Gasteiger partial charge in [0.05, 0.1) is 16.8 Å². The maximum Gasteiger partial charge on any atom is 0.256 e. The molecule has 1 amide bonds. The van der Waals surface area contributed by atoms with E-state index in [1.807, 2.05) is 69.3 Å². The predicted molar refractivity (Wildman–Crippen MR) is 128 cm³/mol. The van der Waals surface area contributed by atoms with Crippen molar-refractivity contribution in [1.29, 1.82) is 0 Å². The van der Waals surface area contributed by atoms with Gasteiger partial charge in [-0.25, -0.2) is 4.98 Å². The van der Waals surface area contributed by atoms with Gasteiger partial charge in [-0.15, -0.1) is 0 Å². The molecule has 0 fully saturated rings. The van der Waals surface area contributed by atoms with Gasteiger partial charge in [0.25, 0.3) is 5.91 Å². The fourth-order valence-corrected chi connectivity index (χ4v) is 4.28. The van der Waals surface area contributed by atoms with Crippen LogP contribution < -0.4 is 5.32 Å². The Labute approximate surface area is 185 Å². The van der Waals surface area contributed by atoms with E-state index in [4.69, 9.17) is 4.98 Å². The molecule has 0 aliphatic heterocycles. The molecule has 0 saturated heterocycles. The molecule has 0 bridgehead atoms. The number of para-hydroxylation sites is 1. The number of hydrogen-bond donors (Lipinski definition) is 1. The molecule has 150 valence electrons. The van der Waals surface area contributed by atoms with Crippen molar-refractivity contribution in [1.82, 2.24) is 4.98 Å². The van der Waals surface area contributed by atoms with E-state index in [0.717, 1.165) is 49.0 Å². The summed E-state index contributed by atoms with van der Waals surface area (Å²) in [6, 6.07) is 20.1. The number of amides is 1. The average molecular weight is 459 g/mol. The number of carbonyl (C=O) groups excluding carboxylic acids is 1. The molecule has 3 aromatic carbocycles. The second-order valence-electron chi connectivity index (χ2n) is 7.76. The van der Waals surface area contributed by atoms with Gasteiger partial charge in [0.2, 0.25) is 0 Å². The number of nitrogens with one attached hydrogen (secondary N) is 1. The van der Waals surface area contributed by atoms with Crippen molar-refractivity contribution in [2.45, 2.75) is 27.7 Å². The molecule has 0 aliphatic carbocycles. The van der Waals surface area contributed by atoms with Gasteiger partial charge in [-0.3, -0.25) is 4.79 Å². The van der Waals surface area contributed by atoms with Crippen LogP contribution in [0.25, 0.3) is 22.2 Å². The van der Waals surface area contributed by atoms with Crippen LogP contribution in [0.5, 0.6) is 0 Å². The van der Waals surface area contributed by atoms with Crippen LogP contribution in [0, 0.1) is 27.7 Å². The molecule has 4 heteroatoms. The van der Waals surface area contributed by atoms with Crippen LogP contribution in [0.3, 0.4) is 0 Å². The number of anilines is 1. The van der Waals surface area contributed by atoms with Crippen molar-refractivity contribution in [3.8, 4) is 11.3 Å².